The number of methoxy groups -OCH3 is 3. The average Bonchev–Trinajstić information content (AvgIpc) is 3.44. The van der Waals surface area contributed by atoms with Gasteiger partial charge in [-0.15, -0.1) is 0 Å². The second-order valence-electron chi connectivity index (χ2n) is 8.41. The van der Waals surface area contributed by atoms with Gasteiger partial charge in [0.05, 0.1) is 32.9 Å². The smallest absolute Gasteiger partial charge is 0.295 e. The fourth-order valence-corrected chi connectivity index (χ4v) is 5.02. The van der Waals surface area contributed by atoms with E-state index in [4.69, 9.17) is 14.2 Å². The zero-order valence-electron chi connectivity index (χ0n) is 19.4. The number of ether oxygens (including phenoxy) is 3. The standard InChI is InChI=1S/C26H29NO6/c1-15-14-16(12-13-19(15)31-2)23(28)21-22(18-10-7-11-20(32-3)25(18)33-4)27(26(30)24(21)29)17-8-5-6-9-17/h7,10-14,17,22,28H,5-6,8-9H2,1-4H3/b23-21-. The second-order valence-corrected chi connectivity index (χ2v) is 8.41. The van der Waals surface area contributed by atoms with E-state index >= 15 is 0 Å². The van der Waals surface area contributed by atoms with Gasteiger partial charge in [-0.05, 0) is 49.6 Å². The van der Waals surface area contributed by atoms with E-state index in [9.17, 15) is 14.7 Å². The molecule has 4 rings (SSSR count). The number of hydrogen-bond acceptors (Lipinski definition) is 6. The van der Waals surface area contributed by atoms with Crippen molar-refractivity contribution in [2.75, 3.05) is 21.3 Å². The molecule has 1 unspecified atom stereocenters. The molecular formula is C26H29NO6. The van der Waals surface area contributed by atoms with Gasteiger partial charge in [0.15, 0.2) is 11.5 Å². The van der Waals surface area contributed by atoms with Crippen molar-refractivity contribution in [1.29, 1.82) is 0 Å². The van der Waals surface area contributed by atoms with Gasteiger partial charge < -0.3 is 24.2 Å². The third-order valence-electron chi connectivity index (χ3n) is 6.59. The summed E-state index contributed by atoms with van der Waals surface area (Å²) in [6, 6.07) is 9.68. The second kappa shape index (κ2) is 9.17. The van der Waals surface area contributed by atoms with Gasteiger partial charge in [0.2, 0.25) is 0 Å². The minimum atomic E-state index is -0.777. The normalized spacial score (nSPS) is 20.4. The number of para-hydroxylation sites is 1. The van der Waals surface area contributed by atoms with Crippen LogP contribution >= 0.6 is 0 Å². The van der Waals surface area contributed by atoms with E-state index in [1.165, 1.54) is 14.2 Å². The van der Waals surface area contributed by atoms with Crippen LogP contribution in [0.25, 0.3) is 5.76 Å². The molecule has 1 saturated carbocycles. The van der Waals surface area contributed by atoms with Gasteiger partial charge >= 0.3 is 0 Å². The van der Waals surface area contributed by atoms with E-state index < -0.39 is 17.7 Å². The number of carbonyl (C=O) groups excluding carboxylic acids is 2. The third-order valence-corrected chi connectivity index (χ3v) is 6.59. The molecule has 2 fully saturated rings. The highest BCUT2D eigenvalue weighted by atomic mass is 16.5. The number of ketones is 1. The highest BCUT2D eigenvalue weighted by Gasteiger charge is 2.50. The summed E-state index contributed by atoms with van der Waals surface area (Å²) in [6.45, 7) is 1.86. The zero-order valence-corrected chi connectivity index (χ0v) is 19.4. The number of amides is 1. The predicted molar refractivity (Wildman–Crippen MR) is 124 cm³/mol. The molecule has 1 aliphatic heterocycles. The Hall–Kier alpha value is -3.48. The molecule has 7 heteroatoms. The first-order valence-corrected chi connectivity index (χ1v) is 11.1. The summed E-state index contributed by atoms with van der Waals surface area (Å²) in [5.41, 5.74) is 1.92. The van der Waals surface area contributed by atoms with Gasteiger partial charge in [0, 0.05) is 17.2 Å². The van der Waals surface area contributed by atoms with Crippen LogP contribution in [0.2, 0.25) is 0 Å². The zero-order chi connectivity index (χ0) is 23.7. The van der Waals surface area contributed by atoms with Crippen LogP contribution in [0.3, 0.4) is 0 Å². The molecule has 1 heterocycles. The molecule has 1 amide bonds. The molecule has 1 saturated heterocycles. The summed E-state index contributed by atoms with van der Waals surface area (Å²) in [7, 11) is 4.63. The number of aryl methyl sites for hydroxylation is 1. The molecule has 0 spiro atoms. The van der Waals surface area contributed by atoms with Crippen LogP contribution in [0.5, 0.6) is 17.2 Å². The van der Waals surface area contributed by atoms with Crippen LogP contribution in [0.1, 0.15) is 48.4 Å². The molecule has 174 valence electrons. The fourth-order valence-electron chi connectivity index (χ4n) is 5.02. The maximum atomic E-state index is 13.3. The summed E-state index contributed by atoms with van der Waals surface area (Å²) in [5, 5.41) is 11.3. The van der Waals surface area contributed by atoms with Gasteiger partial charge in [0.25, 0.3) is 11.7 Å². The van der Waals surface area contributed by atoms with Gasteiger partial charge in [-0.2, -0.15) is 0 Å². The SMILES string of the molecule is COc1ccc(/C(O)=C2/C(=O)C(=O)N(C3CCCC3)C2c2cccc(OC)c2OC)cc1C. The van der Waals surface area contributed by atoms with Crippen molar-refractivity contribution in [3.63, 3.8) is 0 Å². The molecule has 1 atom stereocenters. The van der Waals surface area contributed by atoms with Gasteiger partial charge in [-0.3, -0.25) is 9.59 Å². The van der Waals surface area contributed by atoms with Gasteiger partial charge in [-0.25, -0.2) is 0 Å². The van der Waals surface area contributed by atoms with Gasteiger partial charge in [-0.1, -0.05) is 25.0 Å². The van der Waals surface area contributed by atoms with Crippen molar-refractivity contribution >= 4 is 17.4 Å². The summed E-state index contributed by atoms with van der Waals surface area (Å²) in [5.74, 6) is 0.101. The molecule has 0 radical (unpaired) electrons. The minimum Gasteiger partial charge on any atom is -0.507 e. The molecule has 2 aromatic rings. The van der Waals surface area contributed by atoms with Crippen LogP contribution < -0.4 is 14.2 Å². The Balaban J connectivity index is 1.95. The van der Waals surface area contributed by atoms with E-state index in [1.807, 2.05) is 13.0 Å². The number of carbonyl (C=O) groups is 2. The number of benzene rings is 2. The first-order valence-electron chi connectivity index (χ1n) is 11.1. The van der Waals surface area contributed by atoms with Crippen LogP contribution in [0.4, 0.5) is 0 Å². The first kappa shape index (κ1) is 22.7. The van der Waals surface area contributed by atoms with E-state index in [0.717, 1.165) is 31.2 Å². The highest BCUT2D eigenvalue weighted by Crippen LogP contribution is 2.48. The maximum absolute atomic E-state index is 13.3. The van der Waals surface area contributed by atoms with Crippen molar-refractivity contribution in [3.8, 4) is 17.2 Å². The molecule has 1 N–H and O–H groups in total. The number of likely N-dealkylation sites (tertiary alicyclic amines) is 1. The van der Waals surface area contributed by atoms with E-state index in [-0.39, 0.29) is 17.4 Å². The molecule has 7 nitrogen and oxygen atoms in total. The lowest BCUT2D eigenvalue weighted by Gasteiger charge is -2.31. The maximum Gasteiger partial charge on any atom is 0.295 e. The fraction of sp³-hybridized carbons (Fsp3) is 0.385. The lowest BCUT2D eigenvalue weighted by Crippen LogP contribution is -2.37. The number of Topliss-reactive ketones (excluding diaryl/α,β-unsaturated/α-hetero) is 1. The Morgan fingerprint density at radius 2 is 1.67 bits per heavy atom. The quantitative estimate of drug-likeness (QED) is 0.398. The molecule has 1 aliphatic carbocycles. The van der Waals surface area contributed by atoms with Crippen molar-refractivity contribution in [3.05, 3.63) is 58.7 Å². The Bertz CT molecular complexity index is 1120. The molecule has 33 heavy (non-hydrogen) atoms. The Morgan fingerprint density at radius 3 is 2.27 bits per heavy atom. The van der Waals surface area contributed by atoms with Gasteiger partial charge in [0.1, 0.15) is 11.5 Å². The summed E-state index contributed by atoms with van der Waals surface area (Å²) in [6.07, 6.45) is 3.62. The predicted octanol–water partition coefficient (Wildman–Crippen LogP) is 4.39. The summed E-state index contributed by atoms with van der Waals surface area (Å²) in [4.78, 5) is 28.2. The van der Waals surface area contributed by atoms with Crippen molar-refractivity contribution in [1.82, 2.24) is 4.90 Å². The van der Waals surface area contributed by atoms with E-state index in [0.29, 0.717) is 28.4 Å². The largest absolute Gasteiger partial charge is 0.507 e. The van der Waals surface area contributed by atoms with Crippen LogP contribution in [-0.4, -0.2) is 49.1 Å². The number of aliphatic hydroxyl groups is 1. The minimum absolute atomic E-state index is 0.0584. The lowest BCUT2D eigenvalue weighted by atomic mass is 9.93. The molecule has 2 aromatic carbocycles. The number of hydrogen-bond donors (Lipinski definition) is 1. The third kappa shape index (κ3) is 3.81. The average molecular weight is 452 g/mol. The van der Waals surface area contributed by atoms with Crippen molar-refractivity contribution in [2.24, 2.45) is 0 Å². The number of rotatable bonds is 6. The van der Waals surface area contributed by atoms with E-state index in [1.54, 1.807) is 42.3 Å². The topological polar surface area (TPSA) is 85.3 Å². The number of aliphatic hydroxyl groups excluding tert-OH is 1. The van der Waals surface area contributed by atoms with Crippen LogP contribution in [0, 0.1) is 6.92 Å². The van der Waals surface area contributed by atoms with E-state index in [2.05, 4.69) is 0 Å². The Labute approximate surface area is 193 Å². The monoisotopic (exact) mass is 451 g/mol. The van der Waals surface area contributed by atoms with Crippen LogP contribution in [0.15, 0.2) is 42.0 Å². The summed E-state index contributed by atoms with van der Waals surface area (Å²) >= 11 is 0. The van der Waals surface area contributed by atoms with Crippen molar-refractivity contribution < 1.29 is 28.9 Å². The first-order chi connectivity index (χ1) is 15.9. The Morgan fingerprint density at radius 1 is 0.970 bits per heavy atom. The molecular weight excluding hydrogens is 422 g/mol. The number of nitrogens with zero attached hydrogens (tertiary/aromatic N) is 1. The lowest BCUT2D eigenvalue weighted by molar-refractivity contribution is -0.141. The summed E-state index contributed by atoms with van der Waals surface area (Å²) < 4.78 is 16.4. The Kier molecular flexibility index (Phi) is 6.31. The highest BCUT2D eigenvalue weighted by molar-refractivity contribution is 6.46. The molecule has 2 aliphatic rings. The van der Waals surface area contributed by atoms with Crippen LogP contribution in [-0.2, 0) is 9.59 Å². The molecule has 0 aromatic heterocycles. The molecule has 0 bridgehead atoms. The van der Waals surface area contributed by atoms with Crippen molar-refractivity contribution in [2.45, 2.75) is 44.7 Å².